The van der Waals surface area contributed by atoms with Crippen LogP contribution in [-0.2, 0) is 16.2 Å². The van der Waals surface area contributed by atoms with E-state index in [4.69, 9.17) is 11.6 Å². The number of aromatic nitrogens is 1. The molecule has 10 heteroatoms. The molecule has 2 rings (SSSR count). The van der Waals surface area contributed by atoms with Crippen molar-refractivity contribution in [1.82, 2.24) is 9.82 Å². The first-order valence-corrected chi connectivity index (χ1v) is 7.88. The Bertz CT molecular complexity index is 804. The van der Waals surface area contributed by atoms with Gasteiger partial charge in [0.25, 0.3) is 10.0 Å². The number of benzene rings is 1. The standard InChI is InChI=1S/C13H9ClF3N3O2S/c14-12-6-1-9(7-18-12)8-19-20-23(21,22)11-4-2-10(3-5-11)13(15,16)17/h1-8,20H/b19-8-. The van der Waals surface area contributed by atoms with E-state index in [0.717, 1.165) is 12.1 Å². The molecule has 0 saturated carbocycles. The summed E-state index contributed by atoms with van der Waals surface area (Å²) >= 11 is 5.60. The van der Waals surface area contributed by atoms with Gasteiger partial charge in [-0.1, -0.05) is 11.6 Å². The summed E-state index contributed by atoms with van der Waals surface area (Å²) in [5.74, 6) is 0. The second kappa shape index (κ2) is 6.55. The van der Waals surface area contributed by atoms with Crippen LogP contribution in [0.25, 0.3) is 0 Å². The first-order valence-electron chi connectivity index (χ1n) is 6.02. The van der Waals surface area contributed by atoms with Gasteiger partial charge in [-0.2, -0.15) is 26.7 Å². The Kier molecular flexibility index (Phi) is 4.90. The molecule has 1 heterocycles. The van der Waals surface area contributed by atoms with Gasteiger partial charge < -0.3 is 0 Å². The lowest BCUT2D eigenvalue weighted by Gasteiger charge is -2.07. The van der Waals surface area contributed by atoms with Crippen molar-refractivity contribution in [2.24, 2.45) is 5.10 Å². The number of sulfonamides is 1. The van der Waals surface area contributed by atoms with Gasteiger partial charge >= 0.3 is 6.18 Å². The van der Waals surface area contributed by atoms with Crippen molar-refractivity contribution in [3.8, 4) is 0 Å². The number of nitrogens with one attached hydrogen (secondary N) is 1. The van der Waals surface area contributed by atoms with Crippen LogP contribution in [0.2, 0.25) is 5.15 Å². The molecule has 2 aromatic rings. The van der Waals surface area contributed by atoms with E-state index in [1.807, 2.05) is 4.83 Å². The van der Waals surface area contributed by atoms with Gasteiger partial charge in [0.05, 0.1) is 16.7 Å². The number of halogens is 4. The summed E-state index contributed by atoms with van der Waals surface area (Å²) in [5.41, 5.74) is -0.447. The van der Waals surface area contributed by atoms with Crippen molar-refractivity contribution < 1.29 is 21.6 Å². The summed E-state index contributed by atoms with van der Waals surface area (Å²) in [4.78, 5) is 5.34. The second-order valence-corrected chi connectivity index (χ2v) is 6.34. The normalized spacial score (nSPS) is 12.5. The Balaban J connectivity index is 2.11. The Morgan fingerprint density at radius 3 is 2.30 bits per heavy atom. The summed E-state index contributed by atoms with van der Waals surface area (Å²) < 4.78 is 61.1. The van der Waals surface area contributed by atoms with E-state index in [0.29, 0.717) is 17.7 Å². The molecular formula is C13H9ClF3N3O2S. The quantitative estimate of drug-likeness (QED) is 0.515. The molecule has 0 atom stereocenters. The fourth-order valence-corrected chi connectivity index (χ4v) is 2.41. The fourth-order valence-electron chi connectivity index (χ4n) is 1.51. The van der Waals surface area contributed by atoms with Gasteiger partial charge in [0.1, 0.15) is 5.15 Å². The SMILES string of the molecule is O=S(=O)(N/N=C\c1ccc(Cl)nc1)c1ccc(C(F)(F)F)cc1. The van der Waals surface area contributed by atoms with Crippen LogP contribution in [0.15, 0.2) is 52.6 Å². The van der Waals surface area contributed by atoms with Gasteiger partial charge in [0.15, 0.2) is 0 Å². The van der Waals surface area contributed by atoms with Crippen LogP contribution in [0, 0.1) is 0 Å². The molecule has 1 aromatic carbocycles. The molecule has 23 heavy (non-hydrogen) atoms. The topological polar surface area (TPSA) is 71.4 Å². The number of nitrogens with zero attached hydrogens (tertiary/aromatic N) is 2. The number of hydrogen-bond acceptors (Lipinski definition) is 4. The summed E-state index contributed by atoms with van der Waals surface area (Å²) in [6.45, 7) is 0. The molecule has 0 fully saturated rings. The molecule has 0 aliphatic heterocycles. The lowest BCUT2D eigenvalue weighted by molar-refractivity contribution is -0.137. The average molecular weight is 364 g/mol. The molecule has 0 radical (unpaired) electrons. The smallest absolute Gasteiger partial charge is 0.244 e. The molecule has 0 amide bonds. The number of hydrogen-bond donors (Lipinski definition) is 1. The minimum absolute atomic E-state index is 0.271. The van der Waals surface area contributed by atoms with E-state index in [1.54, 1.807) is 6.07 Å². The van der Waals surface area contributed by atoms with E-state index in [2.05, 4.69) is 10.1 Å². The largest absolute Gasteiger partial charge is 0.416 e. The van der Waals surface area contributed by atoms with Gasteiger partial charge in [-0.3, -0.25) is 0 Å². The lowest BCUT2D eigenvalue weighted by atomic mass is 10.2. The summed E-state index contributed by atoms with van der Waals surface area (Å²) in [5, 5.41) is 3.79. The molecule has 1 aromatic heterocycles. The second-order valence-electron chi connectivity index (χ2n) is 4.29. The van der Waals surface area contributed by atoms with Crippen molar-refractivity contribution in [2.45, 2.75) is 11.1 Å². The zero-order valence-electron chi connectivity index (χ0n) is 11.2. The summed E-state index contributed by atoms with van der Waals surface area (Å²) in [6, 6.07) is 6.12. The molecule has 0 saturated heterocycles. The highest BCUT2D eigenvalue weighted by Crippen LogP contribution is 2.29. The van der Waals surface area contributed by atoms with Crippen molar-refractivity contribution >= 4 is 27.8 Å². The van der Waals surface area contributed by atoms with Crippen LogP contribution in [0.1, 0.15) is 11.1 Å². The fraction of sp³-hybridized carbons (Fsp3) is 0.0769. The molecular weight excluding hydrogens is 355 g/mol. The molecule has 0 aliphatic carbocycles. The lowest BCUT2D eigenvalue weighted by Crippen LogP contribution is -2.18. The van der Waals surface area contributed by atoms with E-state index >= 15 is 0 Å². The number of pyridine rings is 1. The van der Waals surface area contributed by atoms with Gasteiger partial charge in [-0.05, 0) is 36.4 Å². The third-order valence-corrected chi connectivity index (χ3v) is 4.09. The maximum Gasteiger partial charge on any atom is 0.416 e. The van der Waals surface area contributed by atoms with E-state index < -0.39 is 21.8 Å². The highest BCUT2D eigenvalue weighted by Gasteiger charge is 2.30. The third-order valence-electron chi connectivity index (χ3n) is 2.63. The van der Waals surface area contributed by atoms with Crippen molar-refractivity contribution in [1.29, 1.82) is 0 Å². The van der Waals surface area contributed by atoms with Crippen molar-refractivity contribution in [3.05, 3.63) is 58.9 Å². The van der Waals surface area contributed by atoms with E-state index in [-0.39, 0.29) is 10.0 Å². The first-order chi connectivity index (χ1) is 10.7. The predicted octanol–water partition coefficient (Wildman–Crippen LogP) is 3.07. The van der Waals surface area contributed by atoms with Crippen LogP contribution in [0.5, 0.6) is 0 Å². The maximum atomic E-state index is 12.4. The molecule has 1 N–H and O–H groups in total. The highest BCUT2D eigenvalue weighted by molar-refractivity contribution is 7.89. The molecule has 0 unspecified atom stereocenters. The summed E-state index contributed by atoms with van der Waals surface area (Å²) in [7, 11) is -4.06. The van der Waals surface area contributed by atoms with Crippen molar-refractivity contribution in [3.63, 3.8) is 0 Å². The van der Waals surface area contributed by atoms with E-state index in [1.165, 1.54) is 18.5 Å². The van der Waals surface area contributed by atoms with E-state index in [9.17, 15) is 21.6 Å². The molecule has 0 aliphatic rings. The molecule has 0 spiro atoms. The molecule has 0 bridgehead atoms. The zero-order chi connectivity index (χ0) is 17.1. The Hall–Kier alpha value is -2.13. The van der Waals surface area contributed by atoms with Crippen LogP contribution in [0.4, 0.5) is 13.2 Å². The number of hydrazone groups is 1. The van der Waals surface area contributed by atoms with Crippen LogP contribution in [-0.4, -0.2) is 19.6 Å². The van der Waals surface area contributed by atoms with Gasteiger partial charge in [0, 0.05) is 11.8 Å². The van der Waals surface area contributed by atoms with Gasteiger partial charge in [-0.15, -0.1) is 0 Å². The number of rotatable bonds is 4. The predicted molar refractivity (Wildman–Crippen MR) is 78.6 cm³/mol. The van der Waals surface area contributed by atoms with Gasteiger partial charge in [0.2, 0.25) is 0 Å². The Labute approximate surface area is 134 Å². The monoisotopic (exact) mass is 363 g/mol. The maximum absolute atomic E-state index is 12.4. The minimum atomic E-state index is -4.53. The Morgan fingerprint density at radius 1 is 1.13 bits per heavy atom. The van der Waals surface area contributed by atoms with Crippen LogP contribution in [0.3, 0.4) is 0 Å². The Morgan fingerprint density at radius 2 is 1.78 bits per heavy atom. The summed E-state index contributed by atoms with van der Waals surface area (Å²) in [6.07, 6.45) is -1.97. The molecule has 122 valence electrons. The molecule has 5 nitrogen and oxygen atoms in total. The minimum Gasteiger partial charge on any atom is -0.244 e. The van der Waals surface area contributed by atoms with Crippen molar-refractivity contribution in [2.75, 3.05) is 0 Å². The van der Waals surface area contributed by atoms with Crippen LogP contribution < -0.4 is 4.83 Å². The third kappa shape index (κ3) is 4.67. The number of alkyl halides is 3. The van der Waals surface area contributed by atoms with Gasteiger partial charge in [-0.25, -0.2) is 9.82 Å². The van der Waals surface area contributed by atoms with Crippen LogP contribution >= 0.6 is 11.6 Å². The average Bonchev–Trinajstić information content (AvgIpc) is 2.48. The first kappa shape index (κ1) is 17.2. The highest BCUT2D eigenvalue weighted by atomic mass is 35.5. The zero-order valence-corrected chi connectivity index (χ0v) is 12.8.